The molecule has 0 N–H and O–H groups in total. The van der Waals surface area contributed by atoms with Crippen LogP contribution in [0.5, 0.6) is 0 Å². The zero-order chi connectivity index (χ0) is 31.8. The van der Waals surface area contributed by atoms with Gasteiger partial charge in [-0.15, -0.1) is 0 Å². The van der Waals surface area contributed by atoms with E-state index in [2.05, 4.69) is 0 Å². The van der Waals surface area contributed by atoms with Gasteiger partial charge in [0.25, 0.3) is 0 Å². The quantitative estimate of drug-likeness (QED) is 0.208. The highest BCUT2D eigenvalue weighted by atomic mass is 32.2. The summed E-state index contributed by atoms with van der Waals surface area (Å²) in [5, 5.41) is 0. The van der Waals surface area contributed by atoms with Crippen LogP contribution < -0.4 is 0 Å². The number of rotatable bonds is 8. The molecule has 0 spiro atoms. The molecule has 0 unspecified atom stereocenters. The summed E-state index contributed by atoms with van der Waals surface area (Å²) in [6.07, 6.45) is 0.526. The Morgan fingerprint density at radius 1 is 0.644 bits per heavy atom. The number of piperidine rings is 1. The van der Waals surface area contributed by atoms with Crippen molar-refractivity contribution >= 4 is 20.0 Å². The third kappa shape index (κ3) is 5.97. The van der Waals surface area contributed by atoms with Crippen molar-refractivity contribution in [2.24, 2.45) is 0 Å². The van der Waals surface area contributed by atoms with Crippen LogP contribution in [-0.4, -0.2) is 44.6 Å². The van der Waals surface area contributed by atoms with Gasteiger partial charge in [0.2, 0.25) is 20.0 Å². The first-order chi connectivity index (χ1) is 21.6. The minimum absolute atomic E-state index is 0.0111. The fourth-order valence-electron chi connectivity index (χ4n) is 6.51. The number of aryl methyl sites for hydroxylation is 2. The highest BCUT2D eigenvalue weighted by Crippen LogP contribution is 2.49. The molecule has 7 nitrogen and oxygen atoms in total. The number of ether oxygens (including phenoxy) is 1. The monoisotopic (exact) mass is 642 g/mol. The summed E-state index contributed by atoms with van der Waals surface area (Å²) < 4.78 is 67.5. The third-order valence-electron chi connectivity index (χ3n) is 8.79. The van der Waals surface area contributed by atoms with E-state index in [0.717, 1.165) is 22.3 Å². The lowest BCUT2D eigenvalue weighted by Gasteiger charge is -2.49. The Balaban J connectivity index is 1.55. The Morgan fingerprint density at radius 3 is 1.64 bits per heavy atom. The van der Waals surface area contributed by atoms with Crippen LogP contribution >= 0.6 is 0 Å². The van der Waals surface area contributed by atoms with Crippen LogP contribution in [0.4, 0.5) is 0 Å². The molecule has 0 amide bonds. The third-order valence-corrected chi connectivity index (χ3v) is 12.6. The fourth-order valence-corrected chi connectivity index (χ4v) is 9.91. The summed E-state index contributed by atoms with van der Waals surface area (Å²) in [5.41, 5.74) is 4.27. The van der Waals surface area contributed by atoms with E-state index in [4.69, 9.17) is 4.74 Å². The number of hydrogen-bond donors (Lipinski definition) is 0. The molecule has 0 aromatic heterocycles. The predicted octanol–water partition coefficient (Wildman–Crippen LogP) is 6.93. The Morgan fingerprint density at radius 2 is 1.13 bits per heavy atom. The van der Waals surface area contributed by atoms with Gasteiger partial charge in [-0.05, 0) is 62.6 Å². The lowest BCUT2D eigenvalue weighted by atomic mass is 9.84. The lowest BCUT2D eigenvalue weighted by Crippen LogP contribution is -2.54. The maximum Gasteiger partial charge on any atom is 0.244 e. The average Bonchev–Trinajstić information content (AvgIpc) is 3.05. The molecule has 1 saturated heterocycles. The van der Waals surface area contributed by atoms with Gasteiger partial charge in [-0.1, -0.05) is 96.1 Å². The van der Waals surface area contributed by atoms with E-state index in [1.165, 1.54) is 4.31 Å². The minimum atomic E-state index is -4.02. The fraction of sp³-hybridized carbons (Fsp3) is 0.278. The van der Waals surface area contributed by atoms with Crippen molar-refractivity contribution in [2.45, 2.75) is 61.5 Å². The van der Waals surface area contributed by atoms with Gasteiger partial charge in [-0.2, -0.15) is 8.61 Å². The number of benzene rings is 4. The van der Waals surface area contributed by atoms with E-state index in [1.807, 2.05) is 81.4 Å². The van der Waals surface area contributed by atoms with Gasteiger partial charge in [0.05, 0.1) is 40.3 Å². The van der Waals surface area contributed by atoms with Crippen LogP contribution in [-0.2, 0) is 24.8 Å². The SMILES string of the molecule is CCOC1=C2CN(S(=O)(=O)c3ccc(C)cc3)[C@H](c3ccccc3)C[C@@H]2N(S(=O)(=O)c2ccc(C)cc2)[C@H](c2ccccc2)C1. The zero-order valence-electron chi connectivity index (χ0n) is 25.7. The summed E-state index contributed by atoms with van der Waals surface area (Å²) in [6.45, 7) is 6.13. The highest BCUT2D eigenvalue weighted by Gasteiger charge is 2.51. The Hall–Kier alpha value is -3.76. The van der Waals surface area contributed by atoms with Gasteiger partial charge in [-0.25, -0.2) is 16.8 Å². The standard InChI is InChI=1S/C36H38N2O5S2/c1-4-43-36-24-34(29-13-9-6-10-14-29)38(45(41,42)31-21-17-27(3)18-22-31)35-23-33(28-11-7-5-8-12-28)37(25-32(35)36)44(39,40)30-19-15-26(2)16-20-30/h5-22,33-35H,4,23-25H2,1-3H3/t33-,34-,35-/m0/s1. The molecule has 45 heavy (non-hydrogen) atoms. The van der Waals surface area contributed by atoms with Crippen LogP contribution in [0, 0.1) is 13.8 Å². The topological polar surface area (TPSA) is 84.0 Å². The molecule has 1 fully saturated rings. The largest absolute Gasteiger partial charge is 0.498 e. The number of fused-ring (bicyclic) bond motifs is 1. The lowest BCUT2D eigenvalue weighted by molar-refractivity contribution is 0.118. The molecule has 0 aliphatic carbocycles. The molecule has 0 saturated carbocycles. The predicted molar refractivity (Wildman–Crippen MR) is 175 cm³/mol. The Kier molecular flexibility index (Phi) is 8.72. The minimum Gasteiger partial charge on any atom is -0.498 e. The van der Waals surface area contributed by atoms with Crippen LogP contribution in [0.15, 0.2) is 130 Å². The molecule has 4 aromatic carbocycles. The molecule has 3 atom stereocenters. The Labute approximate surface area is 266 Å². The van der Waals surface area contributed by atoms with Crippen molar-refractivity contribution < 1.29 is 21.6 Å². The molecular formula is C36H38N2O5S2. The molecule has 2 aliphatic heterocycles. The van der Waals surface area contributed by atoms with E-state index in [9.17, 15) is 16.8 Å². The molecule has 0 bridgehead atoms. The van der Waals surface area contributed by atoms with Gasteiger partial charge < -0.3 is 4.74 Å². The smallest absolute Gasteiger partial charge is 0.244 e. The first-order valence-electron chi connectivity index (χ1n) is 15.2. The zero-order valence-corrected chi connectivity index (χ0v) is 27.3. The molecule has 2 aliphatic rings. The van der Waals surface area contributed by atoms with Gasteiger partial charge in [0, 0.05) is 18.5 Å². The van der Waals surface area contributed by atoms with E-state index in [0.29, 0.717) is 24.4 Å². The normalized spacial score (nSPS) is 21.4. The first-order valence-corrected chi connectivity index (χ1v) is 18.1. The van der Waals surface area contributed by atoms with Gasteiger partial charge in [0.1, 0.15) is 0 Å². The summed E-state index contributed by atoms with van der Waals surface area (Å²) in [7, 11) is -7.99. The molecule has 2 heterocycles. The van der Waals surface area contributed by atoms with Crippen molar-refractivity contribution in [1.82, 2.24) is 8.61 Å². The maximum atomic E-state index is 14.7. The highest BCUT2D eigenvalue weighted by molar-refractivity contribution is 7.89. The summed E-state index contributed by atoms with van der Waals surface area (Å²) in [4.78, 5) is 0.410. The number of hydrogen-bond acceptors (Lipinski definition) is 5. The average molecular weight is 643 g/mol. The molecule has 0 radical (unpaired) electrons. The van der Waals surface area contributed by atoms with E-state index in [1.54, 1.807) is 52.8 Å². The van der Waals surface area contributed by atoms with Gasteiger partial charge in [-0.3, -0.25) is 0 Å². The Bertz CT molecular complexity index is 1890. The van der Waals surface area contributed by atoms with E-state index in [-0.39, 0.29) is 22.8 Å². The summed E-state index contributed by atoms with van der Waals surface area (Å²) >= 11 is 0. The van der Waals surface area contributed by atoms with Gasteiger partial charge in [0.15, 0.2) is 0 Å². The molecule has 4 aromatic rings. The number of nitrogens with zero attached hydrogens (tertiary/aromatic N) is 2. The number of sulfonamides is 2. The van der Waals surface area contributed by atoms with E-state index < -0.39 is 38.2 Å². The molecule has 9 heteroatoms. The van der Waals surface area contributed by atoms with Crippen LogP contribution in [0.3, 0.4) is 0 Å². The van der Waals surface area contributed by atoms with Crippen LogP contribution in [0.25, 0.3) is 0 Å². The first kappa shape index (κ1) is 31.2. The van der Waals surface area contributed by atoms with Crippen molar-refractivity contribution in [3.8, 4) is 0 Å². The van der Waals surface area contributed by atoms with Crippen molar-refractivity contribution in [3.05, 3.63) is 143 Å². The van der Waals surface area contributed by atoms with Crippen molar-refractivity contribution in [3.63, 3.8) is 0 Å². The van der Waals surface area contributed by atoms with Crippen molar-refractivity contribution in [2.75, 3.05) is 13.2 Å². The molecular weight excluding hydrogens is 605 g/mol. The maximum absolute atomic E-state index is 14.7. The molecule has 234 valence electrons. The second-order valence-electron chi connectivity index (χ2n) is 11.7. The van der Waals surface area contributed by atoms with Gasteiger partial charge >= 0.3 is 0 Å². The second-order valence-corrected chi connectivity index (χ2v) is 15.4. The van der Waals surface area contributed by atoms with Crippen molar-refractivity contribution in [1.29, 1.82) is 0 Å². The summed E-state index contributed by atoms with van der Waals surface area (Å²) in [5.74, 6) is 0.655. The second kappa shape index (κ2) is 12.6. The summed E-state index contributed by atoms with van der Waals surface area (Å²) in [6, 6.07) is 31.1. The molecule has 6 rings (SSSR count). The van der Waals surface area contributed by atoms with Crippen LogP contribution in [0.1, 0.15) is 54.1 Å². The van der Waals surface area contributed by atoms with Crippen LogP contribution in [0.2, 0.25) is 0 Å². The van der Waals surface area contributed by atoms with E-state index >= 15 is 0 Å².